The average Bonchev–Trinajstić information content (AvgIpc) is 3.55. The lowest BCUT2D eigenvalue weighted by Crippen LogP contribution is -2.08. The highest BCUT2D eigenvalue weighted by Crippen LogP contribution is 2.46. The molecule has 0 saturated heterocycles. The molecular weight excluding hydrogens is 396 g/mol. The quantitative estimate of drug-likeness (QED) is 0.277. The van der Waals surface area contributed by atoms with Crippen molar-refractivity contribution in [1.29, 1.82) is 0 Å². The van der Waals surface area contributed by atoms with Gasteiger partial charge >= 0.3 is 0 Å². The van der Waals surface area contributed by atoms with Gasteiger partial charge in [-0.25, -0.2) is 0 Å². The van der Waals surface area contributed by atoms with Crippen LogP contribution < -0.4 is 0 Å². The molecule has 3 unspecified atom stereocenters. The molecule has 182 valence electrons. The molecular formula is C33H50. The molecule has 3 atom stereocenters. The Hall–Kier alpha value is -1.52. The van der Waals surface area contributed by atoms with Crippen LogP contribution >= 0.6 is 0 Å². The highest BCUT2D eigenvalue weighted by Gasteiger charge is 2.36. The topological polar surface area (TPSA) is 0 Å². The number of rotatable bonds is 1. The van der Waals surface area contributed by atoms with Crippen molar-refractivity contribution in [2.75, 3.05) is 0 Å². The van der Waals surface area contributed by atoms with Crippen LogP contribution in [0.2, 0.25) is 0 Å². The van der Waals surface area contributed by atoms with Crippen molar-refractivity contribution in [3.05, 3.63) is 65.0 Å². The summed E-state index contributed by atoms with van der Waals surface area (Å²) in [6.45, 7) is 4.82. The second kappa shape index (κ2) is 15.4. The highest BCUT2D eigenvalue weighted by atomic mass is 14.4. The van der Waals surface area contributed by atoms with Crippen LogP contribution in [0.4, 0.5) is 0 Å². The second-order valence-corrected chi connectivity index (χ2v) is 11.0. The Kier molecular flexibility index (Phi) is 12.2. The van der Waals surface area contributed by atoms with Gasteiger partial charge in [-0.1, -0.05) is 66.4 Å². The monoisotopic (exact) mass is 446 g/mol. The summed E-state index contributed by atoms with van der Waals surface area (Å²) in [7, 11) is 0. The Balaban J connectivity index is 1.74. The molecule has 0 spiro atoms. The van der Waals surface area contributed by atoms with E-state index >= 15 is 0 Å². The zero-order chi connectivity index (χ0) is 23.1. The summed E-state index contributed by atoms with van der Waals surface area (Å²) in [6.07, 6.45) is 39.2. The smallest absolute Gasteiger partial charge is 0.0163 e. The molecule has 0 amide bonds. The molecule has 0 N–H and O–H groups in total. The van der Waals surface area contributed by atoms with E-state index in [0.717, 1.165) is 17.8 Å². The maximum atomic E-state index is 3.41. The van der Waals surface area contributed by atoms with Gasteiger partial charge in [0.2, 0.25) is 0 Å². The molecule has 0 aliphatic heterocycles. The van der Waals surface area contributed by atoms with E-state index in [9.17, 15) is 0 Å². The minimum absolute atomic E-state index is 0.728. The van der Waals surface area contributed by atoms with Crippen LogP contribution in [0, 0.1) is 17.8 Å². The standard InChI is InChI=1S/C33H50/c1-28-21-17-13-9-5-3-4-6-10-14-18-22-30(25-29(28)2)31-23-19-15-11-7-8-12-16-20-24-32-27-33(32)26-31/h4-5,15,19-20,23-24,30,32-33H,6-14,16-18,21-22,25-27H2,1-2H3. The van der Waals surface area contributed by atoms with Crippen LogP contribution in [0.15, 0.2) is 65.0 Å². The lowest BCUT2D eigenvalue weighted by atomic mass is 9.83. The van der Waals surface area contributed by atoms with Crippen molar-refractivity contribution in [1.82, 2.24) is 0 Å². The van der Waals surface area contributed by atoms with Gasteiger partial charge in [0.1, 0.15) is 0 Å². The number of allylic oxidation sites excluding steroid dienone is 9. The molecule has 3 rings (SSSR count). The third kappa shape index (κ3) is 10.5. The van der Waals surface area contributed by atoms with Gasteiger partial charge in [-0.15, -0.1) is 5.73 Å². The molecule has 1 saturated carbocycles. The van der Waals surface area contributed by atoms with E-state index in [1.165, 1.54) is 109 Å². The molecule has 0 radical (unpaired) electrons. The fourth-order valence-electron chi connectivity index (χ4n) is 5.55. The molecule has 0 aromatic heterocycles. The van der Waals surface area contributed by atoms with Gasteiger partial charge in [0.25, 0.3) is 0 Å². The van der Waals surface area contributed by atoms with E-state index in [2.05, 4.69) is 62.1 Å². The predicted molar refractivity (Wildman–Crippen MR) is 146 cm³/mol. The summed E-state index contributed by atoms with van der Waals surface area (Å²) in [5.74, 6) is 2.47. The first-order valence-corrected chi connectivity index (χ1v) is 14.3. The minimum atomic E-state index is 0.728. The van der Waals surface area contributed by atoms with Gasteiger partial charge in [-0.3, -0.25) is 0 Å². The van der Waals surface area contributed by atoms with Gasteiger partial charge in [0.05, 0.1) is 0 Å². The number of hydrogen-bond donors (Lipinski definition) is 0. The van der Waals surface area contributed by atoms with Crippen molar-refractivity contribution >= 4 is 0 Å². The van der Waals surface area contributed by atoms with E-state index in [0.29, 0.717) is 0 Å². The summed E-state index contributed by atoms with van der Waals surface area (Å²) in [4.78, 5) is 0. The maximum Gasteiger partial charge on any atom is -0.0163 e. The predicted octanol–water partition coefficient (Wildman–Crippen LogP) is 10.6. The van der Waals surface area contributed by atoms with Crippen LogP contribution in [-0.2, 0) is 0 Å². The molecule has 0 bridgehead atoms. The fraction of sp³-hybridized carbons (Fsp3) is 0.667. The minimum Gasteiger partial charge on any atom is -0.130 e. The van der Waals surface area contributed by atoms with Gasteiger partial charge < -0.3 is 0 Å². The largest absolute Gasteiger partial charge is 0.130 e. The molecule has 3 aliphatic carbocycles. The van der Waals surface area contributed by atoms with Crippen LogP contribution in [0.3, 0.4) is 0 Å². The average molecular weight is 447 g/mol. The summed E-state index contributed by atoms with van der Waals surface area (Å²) >= 11 is 0. The summed E-state index contributed by atoms with van der Waals surface area (Å²) in [5, 5.41) is 0. The van der Waals surface area contributed by atoms with Gasteiger partial charge in [-0.2, -0.15) is 0 Å². The first-order valence-electron chi connectivity index (χ1n) is 14.3. The third-order valence-corrected chi connectivity index (χ3v) is 8.14. The van der Waals surface area contributed by atoms with Crippen molar-refractivity contribution < 1.29 is 0 Å². The normalized spacial score (nSPS) is 29.3. The first kappa shape index (κ1) is 26.1. The third-order valence-electron chi connectivity index (χ3n) is 8.14. The Labute approximate surface area is 205 Å². The molecule has 0 aromatic rings. The van der Waals surface area contributed by atoms with Crippen LogP contribution in [0.5, 0.6) is 0 Å². The van der Waals surface area contributed by atoms with Gasteiger partial charge in [0.15, 0.2) is 0 Å². The Morgan fingerprint density at radius 2 is 1.45 bits per heavy atom. The first-order chi connectivity index (χ1) is 16.2. The summed E-state index contributed by atoms with van der Waals surface area (Å²) in [6, 6.07) is 0. The van der Waals surface area contributed by atoms with Crippen LogP contribution in [0.25, 0.3) is 0 Å². The molecule has 33 heavy (non-hydrogen) atoms. The molecule has 1 fully saturated rings. The van der Waals surface area contributed by atoms with Gasteiger partial charge in [-0.05, 0) is 134 Å². The Morgan fingerprint density at radius 3 is 2.30 bits per heavy atom. The van der Waals surface area contributed by atoms with Crippen molar-refractivity contribution in [2.45, 2.75) is 123 Å². The zero-order valence-electron chi connectivity index (χ0n) is 21.8. The van der Waals surface area contributed by atoms with Gasteiger partial charge in [0, 0.05) is 0 Å². The van der Waals surface area contributed by atoms with E-state index in [-0.39, 0.29) is 0 Å². The fourth-order valence-corrected chi connectivity index (χ4v) is 5.55. The number of fused-ring (bicyclic) bond motifs is 1. The van der Waals surface area contributed by atoms with E-state index < -0.39 is 0 Å². The molecule has 0 nitrogen and oxygen atoms in total. The zero-order valence-corrected chi connectivity index (χ0v) is 21.8. The van der Waals surface area contributed by atoms with Crippen LogP contribution in [0.1, 0.15) is 123 Å². The Bertz CT molecular complexity index is 749. The van der Waals surface area contributed by atoms with Crippen molar-refractivity contribution in [3.63, 3.8) is 0 Å². The highest BCUT2D eigenvalue weighted by molar-refractivity contribution is 5.22. The maximum absolute atomic E-state index is 3.41. The van der Waals surface area contributed by atoms with E-state index in [1.807, 2.05) is 0 Å². The summed E-state index contributed by atoms with van der Waals surface area (Å²) < 4.78 is 0. The molecule has 0 aromatic carbocycles. The van der Waals surface area contributed by atoms with E-state index in [1.54, 1.807) is 16.7 Å². The molecule has 3 aliphatic rings. The lowest BCUT2D eigenvalue weighted by molar-refractivity contribution is 0.485. The number of hydrogen-bond acceptors (Lipinski definition) is 0. The van der Waals surface area contributed by atoms with Crippen molar-refractivity contribution in [2.24, 2.45) is 17.8 Å². The molecule has 0 heterocycles. The van der Waals surface area contributed by atoms with Crippen molar-refractivity contribution in [3.8, 4) is 0 Å². The SMILES string of the molecule is CC1=C(C)CC(C2=CC=CCCCCCC=CC3CC3C2)CCCCCC=C=CCCCC1. The second-order valence-electron chi connectivity index (χ2n) is 11.0. The summed E-state index contributed by atoms with van der Waals surface area (Å²) in [5.41, 5.74) is 8.48. The lowest BCUT2D eigenvalue weighted by Gasteiger charge is -2.23. The van der Waals surface area contributed by atoms with E-state index in [4.69, 9.17) is 0 Å². The molecule has 0 heteroatoms. The van der Waals surface area contributed by atoms with Crippen LogP contribution in [-0.4, -0.2) is 0 Å². The Morgan fingerprint density at radius 1 is 0.727 bits per heavy atom.